The standard InChI is InChI=1S/C7H14N2O4/c1-5(13)7(4-12)9-8-6(2-10)3-11/h2,4-9,11,13H,3H2,1H3/t5-,6-,7-/m1/s1. The van der Waals surface area contributed by atoms with Gasteiger partial charge < -0.3 is 19.8 Å². The van der Waals surface area contributed by atoms with Gasteiger partial charge in [0.25, 0.3) is 0 Å². The van der Waals surface area contributed by atoms with Gasteiger partial charge in [0.15, 0.2) is 0 Å². The minimum Gasteiger partial charge on any atom is -0.394 e. The van der Waals surface area contributed by atoms with Crippen LogP contribution in [0.3, 0.4) is 0 Å². The highest BCUT2D eigenvalue weighted by Gasteiger charge is 2.14. The molecule has 0 unspecified atom stereocenters. The van der Waals surface area contributed by atoms with Crippen LogP contribution in [0.1, 0.15) is 6.92 Å². The van der Waals surface area contributed by atoms with Crippen LogP contribution in [0.25, 0.3) is 0 Å². The molecule has 0 heterocycles. The average molecular weight is 190 g/mol. The van der Waals surface area contributed by atoms with E-state index in [2.05, 4.69) is 10.9 Å². The third-order valence-corrected chi connectivity index (χ3v) is 1.46. The van der Waals surface area contributed by atoms with Crippen LogP contribution in [0, 0.1) is 0 Å². The lowest BCUT2D eigenvalue weighted by Gasteiger charge is -2.18. The van der Waals surface area contributed by atoms with Crippen molar-refractivity contribution >= 4 is 12.6 Å². The number of carbonyl (C=O) groups excluding carboxylic acids is 2. The minimum atomic E-state index is -0.865. The molecule has 0 radical (unpaired) electrons. The normalized spacial score (nSPS) is 17.5. The van der Waals surface area contributed by atoms with Crippen molar-refractivity contribution < 1.29 is 19.8 Å². The number of carbonyl (C=O) groups is 2. The molecule has 0 rings (SSSR count). The van der Waals surface area contributed by atoms with Crippen LogP contribution in [-0.2, 0) is 9.59 Å². The molecule has 0 amide bonds. The number of hydrogen-bond acceptors (Lipinski definition) is 6. The van der Waals surface area contributed by atoms with Crippen molar-refractivity contribution in [3.05, 3.63) is 0 Å². The number of hydrogen-bond donors (Lipinski definition) is 4. The van der Waals surface area contributed by atoms with Gasteiger partial charge in [0.1, 0.15) is 18.6 Å². The molecule has 0 aliphatic carbocycles. The van der Waals surface area contributed by atoms with E-state index < -0.39 is 18.2 Å². The molecule has 0 aromatic heterocycles. The Morgan fingerprint density at radius 2 is 1.92 bits per heavy atom. The zero-order valence-corrected chi connectivity index (χ0v) is 7.30. The summed E-state index contributed by atoms with van der Waals surface area (Å²) in [5.74, 6) is 0. The molecule has 0 fully saturated rings. The second-order valence-corrected chi connectivity index (χ2v) is 2.62. The quantitative estimate of drug-likeness (QED) is 0.263. The minimum absolute atomic E-state index is 0.373. The highest BCUT2D eigenvalue weighted by atomic mass is 16.3. The van der Waals surface area contributed by atoms with Gasteiger partial charge in [-0.25, -0.2) is 10.9 Å². The van der Waals surface area contributed by atoms with E-state index >= 15 is 0 Å². The van der Waals surface area contributed by atoms with Crippen LogP contribution in [0.5, 0.6) is 0 Å². The number of aldehydes is 2. The van der Waals surface area contributed by atoms with Gasteiger partial charge >= 0.3 is 0 Å². The van der Waals surface area contributed by atoms with Crippen molar-refractivity contribution in [2.45, 2.75) is 25.1 Å². The fourth-order valence-electron chi connectivity index (χ4n) is 0.594. The van der Waals surface area contributed by atoms with E-state index in [4.69, 9.17) is 10.2 Å². The van der Waals surface area contributed by atoms with E-state index in [1.54, 1.807) is 0 Å². The highest BCUT2D eigenvalue weighted by molar-refractivity contribution is 5.59. The Hall–Kier alpha value is -0.820. The van der Waals surface area contributed by atoms with Crippen LogP contribution in [0.15, 0.2) is 0 Å². The largest absolute Gasteiger partial charge is 0.394 e. The van der Waals surface area contributed by atoms with E-state index in [0.717, 1.165) is 0 Å². The van der Waals surface area contributed by atoms with Crippen LogP contribution < -0.4 is 10.9 Å². The fraction of sp³-hybridized carbons (Fsp3) is 0.714. The number of hydrazine groups is 1. The lowest BCUT2D eigenvalue weighted by Crippen LogP contribution is -2.52. The molecule has 0 aliphatic heterocycles. The summed E-state index contributed by atoms with van der Waals surface area (Å²) in [7, 11) is 0. The van der Waals surface area contributed by atoms with E-state index in [1.165, 1.54) is 6.92 Å². The molecule has 0 spiro atoms. The first-order valence-corrected chi connectivity index (χ1v) is 3.86. The van der Waals surface area contributed by atoms with E-state index in [0.29, 0.717) is 12.6 Å². The molecule has 0 aromatic rings. The van der Waals surface area contributed by atoms with Crippen molar-refractivity contribution in [1.82, 2.24) is 10.9 Å². The van der Waals surface area contributed by atoms with Crippen molar-refractivity contribution in [1.29, 1.82) is 0 Å². The molecule has 76 valence electrons. The molecule has 13 heavy (non-hydrogen) atoms. The Kier molecular flexibility index (Phi) is 6.25. The van der Waals surface area contributed by atoms with Crippen molar-refractivity contribution in [2.24, 2.45) is 0 Å². The second kappa shape index (κ2) is 6.67. The maximum Gasteiger partial charge on any atom is 0.140 e. The maximum absolute atomic E-state index is 10.3. The van der Waals surface area contributed by atoms with Crippen LogP contribution in [0.2, 0.25) is 0 Å². The summed E-state index contributed by atoms with van der Waals surface area (Å²) >= 11 is 0. The molecular weight excluding hydrogens is 176 g/mol. The van der Waals surface area contributed by atoms with Crippen LogP contribution in [0.4, 0.5) is 0 Å². The third kappa shape index (κ3) is 4.69. The van der Waals surface area contributed by atoms with Gasteiger partial charge in [-0.3, -0.25) is 0 Å². The predicted octanol–water partition coefficient (Wildman–Crippen LogP) is -2.41. The first-order valence-electron chi connectivity index (χ1n) is 3.86. The maximum atomic E-state index is 10.3. The first kappa shape index (κ1) is 12.2. The fourth-order valence-corrected chi connectivity index (χ4v) is 0.594. The Labute approximate surface area is 75.9 Å². The highest BCUT2D eigenvalue weighted by Crippen LogP contribution is 1.86. The topological polar surface area (TPSA) is 98.7 Å². The van der Waals surface area contributed by atoms with Gasteiger partial charge in [-0.2, -0.15) is 0 Å². The smallest absolute Gasteiger partial charge is 0.140 e. The number of rotatable bonds is 7. The summed E-state index contributed by atoms with van der Waals surface area (Å²) < 4.78 is 0. The van der Waals surface area contributed by atoms with Crippen LogP contribution >= 0.6 is 0 Å². The Balaban J connectivity index is 3.82. The molecule has 4 N–H and O–H groups in total. The van der Waals surface area contributed by atoms with Crippen molar-refractivity contribution in [3.8, 4) is 0 Å². The molecule has 0 saturated carbocycles. The summed E-state index contributed by atoms with van der Waals surface area (Å²) in [6.45, 7) is 1.06. The molecule has 0 saturated heterocycles. The molecule has 3 atom stereocenters. The summed E-state index contributed by atoms with van der Waals surface area (Å²) in [6, 6.07) is -1.57. The Bertz CT molecular complexity index is 163. The van der Waals surface area contributed by atoms with Gasteiger partial charge in [0, 0.05) is 0 Å². The lowest BCUT2D eigenvalue weighted by molar-refractivity contribution is -0.114. The summed E-state index contributed by atoms with van der Waals surface area (Å²) in [5, 5.41) is 17.6. The zero-order valence-electron chi connectivity index (χ0n) is 7.30. The molecule has 0 aromatic carbocycles. The van der Waals surface area contributed by atoms with Crippen molar-refractivity contribution in [3.63, 3.8) is 0 Å². The van der Waals surface area contributed by atoms with E-state index in [1.807, 2.05) is 0 Å². The van der Waals surface area contributed by atoms with Gasteiger partial charge in [0.2, 0.25) is 0 Å². The average Bonchev–Trinajstić information content (AvgIpc) is 2.12. The second-order valence-electron chi connectivity index (χ2n) is 2.62. The summed E-state index contributed by atoms with van der Waals surface area (Å²) in [6.07, 6.45) is 0.143. The first-order chi connectivity index (χ1) is 6.15. The Morgan fingerprint density at radius 3 is 2.23 bits per heavy atom. The molecule has 6 nitrogen and oxygen atoms in total. The molecule has 6 heteroatoms. The number of nitrogens with one attached hydrogen (secondary N) is 2. The van der Waals surface area contributed by atoms with E-state index in [-0.39, 0.29) is 6.61 Å². The number of aliphatic hydroxyl groups is 2. The monoisotopic (exact) mass is 190 g/mol. The molecule has 0 bridgehead atoms. The zero-order chi connectivity index (χ0) is 10.3. The third-order valence-electron chi connectivity index (χ3n) is 1.46. The van der Waals surface area contributed by atoms with Gasteiger partial charge in [-0.15, -0.1) is 0 Å². The Morgan fingerprint density at radius 1 is 1.31 bits per heavy atom. The lowest BCUT2D eigenvalue weighted by atomic mass is 10.2. The summed E-state index contributed by atoms with van der Waals surface area (Å²) in [5.41, 5.74) is 4.80. The van der Waals surface area contributed by atoms with Crippen molar-refractivity contribution in [2.75, 3.05) is 6.61 Å². The van der Waals surface area contributed by atoms with E-state index in [9.17, 15) is 9.59 Å². The predicted molar refractivity (Wildman–Crippen MR) is 44.7 cm³/mol. The molecule has 0 aliphatic rings. The summed E-state index contributed by atoms with van der Waals surface area (Å²) in [4.78, 5) is 20.5. The van der Waals surface area contributed by atoms with Gasteiger partial charge in [-0.05, 0) is 6.92 Å². The molecular formula is C7H14N2O4. The van der Waals surface area contributed by atoms with Gasteiger partial charge in [-0.1, -0.05) is 0 Å². The number of aliphatic hydroxyl groups excluding tert-OH is 2. The van der Waals surface area contributed by atoms with Crippen LogP contribution in [-0.4, -0.2) is 47.6 Å². The SMILES string of the molecule is C[C@@H](O)[C@@H](C=O)NN[C@H](C=O)CO. The van der Waals surface area contributed by atoms with Gasteiger partial charge in [0.05, 0.1) is 18.8 Å².